The molecule has 0 bridgehead atoms. The van der Waals surface area contributed by atoms with E-state index in [0.717, 1.165) is 0 Å². The fourth-order valence-electron chi connectivity index (χ4n) is 1.11. The van der Waals surface area contributed by atoms with Gasteiger partial charge >= 0.3 is 5.97 Å². The molecule has 0 aliphatic heterocycles. The first-order valence-corrected chi connectivity index (χ1v) is 4.85. The molecule has 4 nitrogen and oxygen atoms in total. The number of carbonyl (C=O) groups excluding carboxylic acids is 1. The molecule has 0 aliphatic carbocycles. The summed E-state index contributed by atoms with van der Waals surface area (Å²) in [5.41, 5.74) is 0.921. The van der Waals surface area contributed by atoms with Crippen LogP contribution in [-0.4, -0.2) is 17.6 Å². The molecular formula is C10H10N2O2S. The van der Waals surface area contributed by atoms with Gasteiger partial charge < -0.3 is 4.74 Å². The molecule has 0 fully saturated rings. The molecule has 1 heterocycles. The number of nitrogens with zero attached hydrogens (tertiary/aromatic N) is 2. The van der Waals surface area contributed by atoms with Gasteiger partial charge in [0.1, 0.15) is 6.07 Å². The van der Waals surface area contributed by atoms with Gasteiger partial charge in [-0.05, 0) is 12.5 Å². The summed E-state index contributed by atoms with van der Waals surface area (Å²) in [4.78, 5) is 15.6. The molecule has 1 aromatic rings. The third-order valence-corrected chi connectivity index (χ3v) is 2.17. The van der Waals surface area contributed by atoms with Gasteiger partial charge in [0.05, 0.1) is 18.6 Å². The van der Waals surface area contributed by atoms with E-state index in [-0.39, 0.29) is 12.4 Å². The number of aromatic nitrogens is 1. The Hall–Kier alpha value is -1.54. The van der Waals surface area contributed by atoms with Crippen LogP contribution in [0, 0.1) is 11.3 Å². The molecule has 0 aliphatic rings. The van der Waals surface area contributed by atoms with Crippen molar-refractivity contribution in [3.63, 3.8) is 0 Å². The van der Waals surface area contributed by atoms with Gasteiger partial charge in [0.15, 0.2) is 0 Å². The fraction of sp³-hybridized carbons (Fsp3) is 0.300. The Labute approximate surface area is 93.3 Å². The van der Waals surface area contributed by atoms with Gasteiger partial charge in [0.25, 0.3) is 0 Å². The Kier molecular flexibility index (Phi) is 4.13. The molecule has 0 amide bonds. The molecule has 15 heavy (non-hydrogen) atoms. The maximum atomic E-state index is 11.2. The van der Waals surface area contributed by atoms with E-state index < -0.39 is 0 Å². The lowest BCUT2D eigenvalue weighted by atomic mass is 10.1. The summed E-state index contributed by atoms with van der Waals surface area (Å²) in [5, 5.41) is 8.81. The van der Waals surface area contributed by atoms with Crippen molar-refractivity contribution in [2.75, 3.05) is 6.61 Å². The molecule has 0 aromatic carbocycles. The van der Waals surface area contributed by atoms with Crippen molar-refractivity contribution < 1.29 is 9.53 Å². The lowest BCUT2D eigenvalue weighted by Crippen LogP contribution is -2.09. The van der Waals surface area contributed by atoms with E-state index in [2.05, 4.69) is 17.6 Å². The number of esters is 1. The molecule has 1 rings (SSSR count). The highest BCUT2D eigenvalue weighted by Crippen LogP contribution is 2.17. The zero-order valence-electron chi connectivity index (χ0n) is 8.23. The molecule has 0 spiro atoms. The molecule has 0 N–H and O–H groups in total. The number of rotatable bonds is 3. The molecule has 0 atom stereocenters. The van der Waals surface area contributed by atoms with E-state index in [1.165, 1.54) is 12.4 Å². The number of hydrogen-bond acceptors (Lipinski definition) is 5. The third kappa shape index (κ3) is 2.96. The first-order valence-electron chi connectivity index (χ1n) is 4.40. The van der Waals surface area contributed by atoms with Gasteiger partial charge in [-0.2, -0.15) is 5.26 Å². The van der Waals surface area contributed by atoms with Crippen molar-refractivity contribution in [2.45, 2.75) is 18.2 Å². The highest BCUT2D eigenvalue weighted by molar-refractivity contribution is 7.80. The number of ether oxygens (including phenoxy) is 1. The number of pyridine rings is 1. The summed E-state index contributed by atoms with van der Waals surface area (Å²) in [7, 11) is 0. The minimum Gasteiger partial charge on any atom is -0.466 e. The number of thiol groups is 1. The van der Waals surface area contributed by atoms with Crippen molar-refractivity contribution in [1.29, 1.82) is 5.26 Å². The quantitative estimate of drug-likeness (QED) is 0.619. The molecule has 1 aromatic heterocycles. The maximum Gasteiger partial charge on any atom is 0.310 e. The van der Waals surface area contributed by atoms with Crippen LogP contribution in [-0.2, 0) is 16.0 Å². The first-order chi connectivity index (χ1) is 7.19. The number of carbonyl (C=O) groups is 1. The molecule has 0 unspecified atom stereocenters. The average molecular weight is 222 g/mol. The predicted octanol–water partition coefficient (Wildman–Crippen LogP) is 1.35. The van der Waals surface area contributed by atoms with Crippen LogP contribution in [0.15, 0.2) is 17.3 Å². The van der Waals surface area contributed by atoms with Crippen molar-refractivity contribution in [3.05, 3.63) is 23.5 Å². The molecular weight excluding hydrogens is 212 g/mol. The van der Waals surface area contributed by atoms with E-state index in [4.69, 9.17) is 10.00 Å². The Morgan fingerprint density at radius 3 is 3.00 bits per heavy atom. The second-order valence-electron chi connectivity index (χ2n) is 2.78. The highest BCUT2D eigenvalue weighted by Gasteiger charge is 2.11. The van der Waals surface area contributed by atoms with Crippen LogP contribution in [0.5, 0.6) is 0 Å². The third-order valence-electron chi connectivity index (χ3n) is 1.78. The number of nitriles is 1. The molecule has 0 saturated carbocycles. The zero-order chi connectivity index (χ0) is 11.3. The Balaban J connectivity index is 2.94. The minimum atomic E-state index is -0.365. The largest absolute Gasteiger partial charge is 0.466 e. The maximum absolute atomic E-state index is 11.2. The standard InChI is InChI=1S/C10H10N2O2S/c1-2-14-10(13)3-8-7(4-11)5-12-6-9(8)15/h5-6,15H,2-3H2,1H3. The summed E-state index contributed by atoms with van der Waals surface area (Å²) >= 11 is 4.14. The van der Waals surface area contributed by atoms with E-state index in [1.807, 2.05) is 6.07 Å². The van der Waals surface area contributed by atoms with Crippen LogP contribution >= 0.6 is 12.6 Å². The van der Waals surface area contributed by atoms with Crippen LogP contribution in [0.1, 0.15) is 18.1 Å². The lowest BCUT2D eigenvalue weighted by Gasteiger charge is -2.05. The van der Waals surface area contributed by atoms with Gasteiger partial charge in [-0.25, -0.2) is 0 Å². The molecule has 0 saturated heterocycles. The van der Waals surface area contributed by atoms with Gasteiger partial charge in [0, 0.05) is 17.3 Å². The summed E-state index contributed by atoms with van der Waals surface area (Å²) in [6, 6.07) is 1.96. The van der Waals surface area contributed by atoms with Crippen molar-refractivity contribution in [3.8, 4) is 6.07 Å². The second kappa shape index (κ2) is 5.37. The Morgan fingerprint density at radius 2 is 2.40 bits per heavy atom. The van der Waals surface area contributed by atoms with E-state index in [0.29, 0.717) is 22.6 Å². The van der Waals surface area contributed by atoms with Crippen molar-refractivity contribution in [2.24, 2.45) is 0 Å². The van der Waals surface area contributed by atoms with Crippen LogP contribution in [0.3, 0.4) is 0 Å². The van der Waals surface area contributed by atoms with Gasteiger partial charge in [-0.3, -0.25) is 9.78 Å². The van der Waals surface area contributed by atoms with Gasteiger partial charge in [-0.1, -0.05) is 0 Å². The normalized spacial score (nSPS) is 9.40. The SMILES string of the molecule is CCOC(=O)Cc1c(S)cncc1C#N. The fourth-order valence-corrected chi connectivity index (χ4v) is 1.38. The average Bonchev–Trinajstić information content (AvgIpc) is 2.21. The molecule has 78 valence electrons. The summed E-state index contributed by atoms with van der Waals surface area (Å²) in [6.45, 7) is 2.06. The molecule has 0 radical (unpaired) electrons. The van der Waals surface area contributed by atoms with Crippen molar-refractivity contribution >= 4 is 18.6 Å². The summed E-state index contributed by atoms with van der Waals surface area (Å²) < 4.78 is 4.80. The summed E-state index contributed by atoms with van der Waals surface area (Å²) in [6.07, 6.45) is 2.96. The van der Waals surface area contributed by atoms with Gasteiger partial charge in [-0.15, -0.1) is 12.6 Å². The van der Waals surface area contributed by atoms with Crippen LogP contribution in [0.25, 0.3) is 0 Å². The van der Waals surface area contributed by atoms with Crippen LogP contribution < -0.4 is 0 Å². The van der Waals surface area contributed by atoms with Crippen LogP contribution in [0.4, 0.5) is 0 Å². The van der Waals surface area contributed by atoms with Crippen LogP contribution in [0.2, 0.25) is 0 Å². The highest BCUT2D eigenvalue weighted by atomic mass is 32.1. The topological polar surface area (TPSA) is 63.0 Å². The summed E-state index contributed by atoms with van der Waals surface area (Å²) in [5.74, 6) is -0.365. The first kappa shape index (κ1) is 11.5. The van der Waals surface area contributed by atoms with E-state index >= 15 is 0 Å². The van der Waals surface area contributed by atoms with Gasteiger partial charge in [0.2, 0.25) is 0 Å². The lowest BCUT2D eigenvalue weighted by molar-refractivity contribution is -0.142. The van der Waals surface area contributed by atoms with Crippen molar-refractivity contribution in [1.82, 2.24) is 4.98 Å². The predicted molar refractivity (Wildman–Crippen MR) is 56.5 cm³/mol. The number of hydrogen-bond donors (Lipinski definition) is 1. The molecule has 5 heteroatoms. The minimum absolute atomic E-state index is 0.0537. The van der Waals surface area contributed by atoms with E-state index in [9.17, 15) is 4.79 Å². The van der Waals surface area contributed by atoms with E-state index in [1.54, 1.807) is 6.92 Å². The Bertz CT molecular complexity index is 412. The smallest absolute Gasteiger partial charge is 0.310 e. The zero-order valence-corrected chi connectivity index (χ0v) is 9.12. The Morgan fingerprint density at radius 1 is 1.67 bits per heavy atom. The second-order valence-corrected chi connectivity index (χ2v) is 3.26. The monoisotopic (exact) mass is 222 g/mol.